The van der Waals surface area contributed by atoms with E-state index in [4.69, 9.17) is 0 Å². The van der Waals surface area contributed by atoms with Crippen LogP contribution in [0.1, 0.15) is 31.9 Å². The smallest absolute Gasteiger partial charge is 0.224 e. The number of hydrogen-bond donors (Lipinski definition) is 2. The molecule has 1 amide bonds. The standard InChI is InChI=1S/C14H20N2O/c1-14(2,3)16-13(17)9-10-5-4-6-12-11(10)7-8-15-12/h4-6,15H,7-9H2,1-3H3,(H,16,17). The number of fused-ring (bicyclic) bond motifs is 1. The van der Waals surface area contributed by atoms with Gasteiger partial charge in [0.15, 0.2) is 0 Å². The number of carbonyl (C=O) groups is 1. The summed E-state index contributed by atoms with van der Waals surface area (Å²) in [6.07, 6.45) is 1.50. The normalized spacial score (nSPS) is 14.1. The molecule has 0 atom stereocenters. The summed E-state index contributed by atoms with van der Waals surface area (Å²) in [5.41, 5.74) is 3.48. The minimum absolute atomic E-state index is 0.0952. The molecule has 2 N–H and O–H groups in total. The van der Waals surface area contributed by atoms with Crippen LogP contribution in [0.5, 0.6) is 0 Å². The summed E-state index contributed by atoms with van der Waals surface area (Å²) >= 11 is 0. The summed E-state index contributed by atoms with van der Waals surface area (Å²) in [7, 11) is 0. The first-order valence-electron chi connectivity index (χ1n) is 6.11. The van der Waals surface area contributed by atoms with Crippen LogP contribution in [0.4, 0.5) is 5.69 Å². The lowest BCUT2D eigenvalue weighted by Gasteiger charge is -2.20. The lowest BCUT2D eigenvalue weighted by Crippen LogP contribution is -2.41. The summed E-state index contributed by atoms with van der Waals surface area (Å²) in [5.74, 6) is 0.0952. The van der Waals surface area contributed by atoms with Crippen molar-refractivity contribution >= 4 is 11.6 Å². The van der Waals surface area contributed by atoms with Gasteiger partial charge >= 0.3 is 0 Å². The number of hydrogen-bond acceptors (Lipinski definition) is 2. The van der Waals surface area contributed by atoms with E-state index in [2.05, 4.69) is 16.7 Å². The van der Waals surface area contributed by atoms with E-state index in [1.807, 2.05) is 32.9 Å². The third-order valence-electron chi connectivity index (χ3n) is 2.83. The van der Waals surface area contributed by atoms with Gasteiger partial charge in [-0.2, -0.15) is 0 Å². The molecule has 0 saturated heterocycles. The quantitative estimate of drug-likeness (QED) is 0.820. The van der Waals surface area contributed by atoms with Crippen molar-refractivity contribution in [2.45, 2.75) is 39.2 Å². The molecule has 1 aliphatic heterocycles. The predicted octanol–water partition coefficient (Wildman–Crippen LogP) is 2.11. The second-order valence-corrected chi connectivity index (χ2v) is 5.59. The summed E-state index contributed by atoms with van der Waals surface area (Å²) < 4.78 is 0. The molecule has 0 radical (unpaired) electrons. The van der Waals surface area contributed by atoms with E-state index in [9.17, 15) is 4.79 Å². The highest BCUT2D eigenvalue weighted by molar-refractivity contribution is 5.80. The van der Waals surface area contributed by atoms with Crippen molar-refractivity contribution in [3.63, 3.8) is 0 Å². The van der Waals surface area contributed by atoms with Crippen molar-refractivity contribution in [3.05, 3.63) is 29.3 Å². The topological polar surface area (TPSA) is 41.1 Å². The van der Waals surface area contributed by atoms with Gasteiger partial charge in [-0.15, -0.1) is 0 Å². The third kappa shape index (κ3) is 2.99. The molecule has 92 valence electrons. The molecule has 3 heteroatoms. The Morgan fingerprint density at radius 3 is 2.88 bits per heavy atom. The minimum atomic E-state index is -0.159. The van der Waals surface area contributed by atoms with Gasteiger partial charge in [0, 0.05) is 17.8 Å². The average molecular weight is 232 g/mol. The Kier molecular flexibility index (Phi) is 3.09. The first-order chi connectivity index (χ1) is 7.96. The lowest BCUT2D eigenvalue weighted by molar-refractivity contribution is -0.121. The molecule has 0 saturated carbocycles. The van der Waals surface area contributed by atoms with Gasteiger partial charge in [-0.25, -0.2) is 0 Å². The van der Waals surface area contributed by atoms with E-state index < -0.39 is 0 Å². The molecule has 0 aliphatic carbocycles. The molecule has 2 rings (SSSR count). The van der Waals surface area contributed by atoms with Crippen molar-refractivity contribution < 1.29 is 4.79 Å². The minimum Gasteiger partial charge on any atom is -0.384 e. The zero-order chi connectivity index (χ0) is 12.5. The Hall–Kier alpha value is -1.51. The van der Waals surface area contributed by atoms with Crippen molar-refractivity contribution in [1.82, 2.24) is 5.32 Å². The zero-order valence-electron chi connectivity index (χ0n) is 10.8. The monoisotopic (exact) mass is 232 g/mol. The van der Waals surface area contributed by atoms with Gasteiger partial charge in [-0.05, 0) is 44.4 Å². The summed E-state index contributed by atoms with van der Waals surface area (Å²) in [4.78, 5) is 11.9. The van der Waals surface area contributed by atoms with E-state index in [0.717, 1.165) is 18.5 Å². The molecule has 0 spiro atoms. The Bertz CT molecular complexity index is 432. The predicted molar refractivity (Wildman–Crippen MR) is 70.2 cm³/mol. The highest BCUT2D eigenvalue weighted by Gasteiger charge is 2.18. The molecule has 1 heterocycles. The molecule has 1 aliphatic rings. The van der Waals surface area contributed by atoms with Crippen molar-refractivity contribution in [1.29, 1.82) is 0 Å². The van der Waals surface area contributed by atoms with Gasteiger partial charge in [-0.1, -0.05) is 12.1 Å². The van der Waals surface area contributed by atoms with Gasteiger partial charge in [-0.3, -0.25) is 4.79 Å². The van der Waals surface area contributed by atoms with Gasteiger partial charge in [0.2, 0.25) is 5.91 Å². The maximum absolute atomic E-state index is 11.9. The van der Waals surface area contributed by atoms with Crippen LogP contribution in [-0.4, -0.2) is 18.0 Å². The second-order valence-electron chi connectivity index (χ2n) is 5.59. The van der Waals surface area contributed by atoms with E-state index in [0.29, 0.717) is 6.42 Å². The largest absolute Gasteiger partial charge is 0.384 e. The zero-order valence-corrected chi connectivity index (χ0v) is 10.8. The van der Waals surface area contributed by atoms with Crippen molar-refractivity contribution in [2.75, 3.05) is 11.9 Å². The Labute approximate surface area is 103 Å². The number of anilines is 1. The fourth-order valence-electron chi connectivity index (χ4n) is 2.22. The molecule has 3 nitrogen and oxygen atoms in total. The first-order valence-corrected chi connectivity index (χ1v) is 6.11. The summed E-state index contributed by atoms with van der Waals surface area (Å²) in [5, 5.41) is 6.33. The van der Waals surface area contributed by atoms with Crippen LogP contribution in [0.3, 0.4) is 0 Å². The molecule has 0 aromatic heterocycles. The molecule has 0 bridgehead atoms. The fourth-order valence-corrected chi connectivity index (χ4v) is 2.22. The molecule has 17 heavy (non-hydrogen) atoms. The average Bonchev–Trinajstić information content (AvgIpc) is 2.63. The van der Waals surface area contributed by atoms with E-state index in [1.165, 1.54) is 11.3 Å². The molecule has 0 unspecified atom stereocenters. The fraction of sp³-hybridized carbons (Fsp3) is 0.500. The summed E-state index contributed by atoms with van der Waals surface area (Å²) in [6.45, 7) is 6.98. The Morgan fingerprint density at radius 1 is 1.41 bits per heavy atom. The Balaban J connectivity index is 2.10. The van der Waals surface area contributed by atoms with Gasteiger partial charge < -0.3 is 10.6 Å². The number of benzene rings is 1. The van der Waals surface area contributed by atoms with E-state index in [1.54, 1.807) is 0 Å². The van der Waals surface area contributed by atoms with Crippen LogP contribution in [0.2, 0.25) is 0 Å². The second kappa shape index (κ2) is 4.40. The maximum atomic E-state index is 11.9. The van der Waals surface area contributed by atoms with Crippen LogP contribution in [0.15, 0.2) is 18.2 Å². The molecule has 0 fully saturated rings. The number of nitrogens with one attached hydrogen (secondary N) is 2. The highest BCUT2D eigenvalue weighted by Crippen LogP contribution is 2.25. The van der Waals surface area contributed by atoms with Crippen LogP contribution in [0.25, 0.3) is 0 Å². The summed E-state index contributed by atoms with van der Waals surface area (Å²) in [6, 6.07) is 6.14. The Morgan fingerprint density at radius 2 is 2.18 bits per heavy atom. The van der Waals surface area contributed by atoms with Crippen LogP contribution in [-0.2, 0) is 17.6 Å². The van der Waals surface area contributed by atoms with E-state index in [-0.39, 0.29) is 11.4 Å². The van der Waals surface area contributed by atoms with Crippen LogP contribution >= 0.6 is 0 Å². The highest BCUT2D eigenvalue weighted by atomic mass is 16.1. The molecule has 1 aromatic rings. The SMILES string of the molecule is CC(C)(C)NC(=O)Cc1cccc2c1CCN2. The third-order valence-corrected chi connectivity index (χ3v) is 2.83. The van der Waals surface area contributed by atoms with Crippen molar-refractivity contribution in [2.24, 2.45) is 0 Å². The van der Waals surface area contributed by atoms with Gasteiger partial charge in [0.05, 0.1) is 6.42 Å². The molecule has 1 aromatic carbocycles. The van der Waals surface area contributed by atoms with Crippen molar-refractivity contribution in [3.8, 4) is 0 Å². The lowest BCUT2D eigenvalue weighted by atomic mass is 10.0. The first kappa shape index (κ1) is 12.0. The number of rotatable bonds is 2. The van der Waals surface area contributed by atoms with Gasteiger partial charge in [0.25, 0.3) is 0 Å². The van der Waals surface area contributed by atoms with Crippen LogP contribution < -0.4 is 10.6 Å². The number of carbonyl (C=O) groups excluding carboxylic acids is 1. The maximum Gasteiger partial charge on any atom is 0.224 e. The van der Waals surface area contributed by atoms with E-state index >= 15 is 0 Å². The number of amides is 1. The van der Waals surface area contributed by atoms with Gasteiger partial charge in [0.1, 0.15) is 0 Å². The molecular weight excluding hydrogens is 212 g/mol. The van der Waals surface area contributed by atoms with Crippen LogP contribution in [0, 0.1) is 0 Å². The molecular formula is C14H20N2O.